The monoisotopic (exact) mass is 396 g/mol. The Labute approximate surface area is 165 Å². The lowest BCUT2D eigenvalue weighted by Gasteiger charge is -2.15. The molecule has 1 amide bonds. The van der Waals surface area contributed by atoms with Crippen LogP contribution in [0, 0.1) is 0 Å². The quantitative estimate of drug-likeness (QED) is 0.616. The number of aromatic carboxylic acids is 1. The molecule has 0 aliphatic carbocycles. The van der Waals surface area contributed by atoms with Gasteiger partial charge in [0.25, 0.3) is 5.91 Å². The normalized spacial score (nSPS) is 16.6. The molecule has 1 saturated heterocycles. The lowest BCUT2D eigenvalue weighted by molar-refractivity contribution is -0.135. The van der Waals surface area contributed by atoms with Gasteiger partial charge in [-0.3, -0.25) is 9.69 Å². The molecule has 0 spiro atoms. The van der Waals surface area contributed by atoms with E-state index in [0.29, 0.717) is 10.9 Å². The van der Waals surface area contributed by atoms with E-state index in [1.807, 2.05) is 30.3 Å². The molecular formula is C20H16N2O5S. The number of hydrogen-bond donors (Lipinski definition) is 1. The van der Waals surface area contributed by atoms with Gasteiger partial charge >= 0.3 is 11.9 Å². The summed E-state index contributed by atoms with van der Waals surface area (Å²) in [5.41, 5.74) is 1.55. The van der Waals surface area contributed by atoms with Crippen LogP contribution in [0.15, 0.2) is 70.6 Å². The van der Waals surface area contributed by atoms with E-state index < -0.39 is 11.9 Å². The molecule has 1 heterocycles. The zero-order valence-electron chi connectivity index (χ0n) is 14.9. The Balaban J connectivity index is 1.94. The van der Waals surface area contributed by atoms with Crippen LogP contribution in [-0.2, 0) is 20.9 Å². The minimum absolute atomic E-state index is 0.145. The van der Waals surface area contributed by atoms with E-state index in [1.54, 1.807) is 12.1 Å². The average molecular weight is 396 g/mol. The Bertz CT molecular complexity index is 968. The van der Waals surface area contributed by atoms with Crippen LogP contribution in [0.1, 0.15) is 15.9 Å². The molecule has 3 rings (SSSR count). The van der Waals surface area contributed by atoms with Gasteiger partial charge in [0.15, 0.2) is 5.17 Å². The molecule has 0 radical (unpaired) electrons. The Hall–Kier alpha value is -3.39. The lowest BCUT2D eigenvalue weighted by atomic mass is 10.2. The molecule has 0 unspecified atom stereocenters. The van der Waals surface area contributed by atoms with Gasteiger partial charge in [-0.05, 0) is 41.6 Å². The Kier molecular flexibility index (Phi) is 5.90. The molecule has 2 aromatic carbocycles. The number of ether oxygens (including phenoxy) is 1. The SMILES string of the molecule is COC(=O)/C=C1/SC(=Nc2ccc(C(=O)O)cc2)N(Cc2ccccc2)C1=O. The third-order valence-electron chi connectivity index (χ3n) is 3.86. The van der Waals surface area contributed by atoms with Gasteiger partial charge < -0.3 is 9.84 Å². The van der Waals surface area contributed by atoms with Crippen molar-refractivity contribution < 1.29 is 24.2 Å². The van der Waals surface area contributed by atoms with Crippen molar-refractivity contribution >= 4 is 40.5 Å². The van der Waals surface area contributed by atoms with Crippen LogP contribution in [0.4, 0.5) is 5.69 Å². The van der Waals surface area contributed by atoms with Gasteiger partial charge in [-0.15, -0.1) is 0 Å². The highest BCUT2D eigenvalue weighted by atomic mass is 32.2. The maximum absolute atomic E-state index is 12.8. The summed E-state index contributed by atoms with van der Waals surface area (Å²) in [6, 6.07) is 15.4. The summed E-state index contributed by atoms with van der Waals surface area (Å²) in [7, 11) is 1.24. The number of carboxylic acid groups (broad SMARTS) is 1. The minimum atomic E-state index is -1.03. The number of rotatable bonds is 5. The van der Waals surface area contributed by atoms with Gasteiger partial charge in [0.1, 0.15) is 0 Å². The van der Waals surface area contributed by atoms with Gasteiger partial charge in [-0.25, -0.2) is 14.6 Å². The summed E-state index contributed by atoms with van der Waals surface area (Å²) in [5, 5.41) is 9.39. The zero-order valence-corrected chi connectivity index (χ0v) is 15.7. The summed E-state index contributed by atoms with van der Waals surface area (Å²) in [6.45, 7) is 0.289. The van der Waals surface area contributed by atoms with Gasteiger partial charge in [0, 0.05) is 6.08 Å². The molecule has 8 heteroatoms. The van der Waals surface area contributed by atoms with E-state index in [1.165, 1.54) is 24.1 Å². The van der Waals surface area contributed by atoms with Crippen molar-refractivity contribution in [3.63, 3.8) is 0 Å². The molecule has 1 aliphatic heterocycles. The van der Waals surface area contributed by atoms with Crippen LogP contribution in [0.5, 0.6) is 0 Å². The summed E-state index contributed by atoms with van der Waals surface area (Å²) < 4.78 is 4.61. The number of amidine groups is 1. The number of carbonyl (C=O) groups excluding carboxylic acids is 2. The van der Waals surface area contributed by atoms with Crippen LogP contribution in [0.2, 0.25) is 0 Å². The largest absolute Gasteiger partial charge is 0.478 e. The van der Waals surface area contributed by atoms with E-state index >= 15 is 0 Å². The first kappa shape index (κ1) is 19.4. The van der Waals surface area contributed by atoms with Crippen molar-refractivity contribution in [2.24, 2.45) is 4.99 Å². The number of carboxylic acids is 1. The molecule has 0 saturated carbocycles. The first-order valence-corrected chi connectivity index (χ1v) is 9.05. The second-order valence-corrected chi connectivity index (χ2v) is 6.77. The van der Waals surface area contributed by atoms with Crippen molar-refractivity contribution in [3.8, 4) is 0 Å². The molecule has 2 aromatic rings. The number of methoxy groups -OCH3 is 1. The highest BCUT2D eigenvalue weighted by molar-refractivity contribution is 8.18. The van der Waals surface area contributed by atoms with E-state index in [-0.39, 0.29) is 22.9 Å². The zero-order chi connectivity index (χ0) is 20.1. The van der Waals surface area contributed by atoms with Crippen LogP contribution in [-0.4, -0.2) is 40.1 Å². The van der Waals surface area contributed by atoms with Crippen molar-refractivity contribution in [2.75, 3.05) is 7.11 Å². The van der Waals surface area contributed by atoms with Gasteiger partial charge in [0.05, 0.1) is 29.8 Å². The second kappa shape index (κ2) is 8.53. The van der Waals surface area contributed by atoms with Crippen LogP contribution >= 0.6 is 11.8 Å². The highest BCUT2D eigenvalue weighted by Crippen LogP contribution is 2.34. The second-order valence-electron chi connectivity index (χ2n) is 5.76. The van der Waals surface area contributed by atoms with E-state index in [9.17, 15) is 14.4 Å². The maximum Gasteiger partial charge on any atom is 0.335 e. The molecule has 1 N–H and O–H groups in total. The number of aliphatic imine (C=N–C) groups is 1. The topological polar surface area (TPSA) is 96.3 Å². The summed E-state index contributed by atoms with van der Waals surface area (Å²) in [6.07, 6.45) is 1.14. The standard InChI is InChI=1S/C20H16N2O5S/c1-27-17(23)11-16-18(24)22(12-13-5-3-2-4-6-13)20(28-16)21-15-9-7-14(8-10-15)19(25)26/h2-11H,12H2,1H3,(H,25,26)/b16-11+,21-20?. The number of benzene rings is 2. The van der Waals surface area contributed by atoms with Gasteiger partial charge in [-0.2, -0.15) is 0 Å². The van der Waals surface area contributed by atoms with Crippen molar-refractivity contribution in [2.45, 2.75) is 6.54 Å². The van der Waals surface area contributed by atoms with Crippen LogP contribution in [0.25, 0.3) is 0 Å². The van der Waals surface area contributed by atoms with E-state index in [2.05, 4.69) is 9.73 Å². The maximum atomic E-state index is 12.8. The highest BCUT2D eigenvalue weighted by Gasteiger charge is 2.34. The smallest absolute Gasteiger partial charge is 0.335 e. The molecule has 0 aromatic heterocycles. The predicted molar refractivity (Wildman–Crippen MR) is 105 cm³/mol. The Morgan fingerprint density at radius 3 is 2.43 bits per heavy atom. The molecular weight excluding hydrogens is 380 g/mol. The summed E-state index contributed by atoms with van der Waals surface area (Å²) >= 11 is 1.07. The summed E-state index contributed by atoms with van der Waals surface area (Å²) in [4.78, 5) is 41.5. The fraction of sp³-hybridized carbons (Fsp3) is 0.100. The fourth-order valence-electron chi connectivity index (χ4n) is 2.45. The Morgan fingerprint density at radius 2 is 1.82 bits per heavy atom. The first-order valence-electron chi connectivity index (χ1n) is 8.23. The third-order valence-corrected chi connectivity index (χ3v) is 4.87. The van der Waals surface area contributed by atoms with Crippen LogP contribution < -0.4 is 0 Å². The fourth-order valence-corrected chi connectivity index (χ4v) is 3.41. The number of hydrogen-bond acceptors (Lipinski definition) is 6. The van der Waals surface area contributed by atoms with Crippen molar-refractivity contribution in [1.29, 1.82) is 0 Å². The molecule has 142 valence electrons. The number of thioether (sulfide) groups is 1. The number of nitrogens with zero attached hydrogens (tertiary/aromatic N) is 2. The Morgan fingerprint density at radius 1 is 1.14 bits per heavy atom. The molecule has 7 nitrogen and oxygen atoms in total. The number of amides is 1. The molecule has 1 fully saturated rings. The minimum Gasteiger partial charge on any atom is -0.478 e. The van der Waals surface area contributed by atoms with E-state index in [0.717, 1.165) is 23.4 Å². The van der Waals surface area contributed by atoms with Crippen LogP contribution in [0.3, 0.4) is 0 Å². The predicted octanol–water partition coefficient (Wildman–Crippen LogP) is 3.20. The molecule has 28 heavy (non-hydrogen) atoms. The van der Waals surface area contributed by atoms with Gasteiger partial charge in [0.2, 0.25) is 0 Å². The number of carbonyl (C=O) groups is 3. The van der Waals surface area contributed by atoms with Gasteiger partial charge in [-0.1, -0.05) is 30.3 Å². The lowest BCUT2D eigenvalue weighted by Crippen LogP contribution is -2.28. The molecule has 0 bridgehead atoms. The van der Waals surface area contributed by atoms with E-state index in [4.69, 9.17) is 5.11 Å². The number of esters is 1. The molecule has 1 aliphatic rings. The third kappa shape index (κ3) is 4.47. The first-order chi connectivity index (χ1) is 13.5. The van der Waals surface area contributed by atoms with Crippen molar-refractivity contribution in [3.05, 3.63) is 76.7 Å². The molecule has 0 atom stereocenters. The summed E-state index contributed by atoms with van der Waals surface area (Å²) in [5.74, 6) is -2.00. The van der Waals surface area contributed by atoms with Crippen molar-refractivity contribution in [1.82, 2.24) is 4.90 Å². The average Bonchev–Trinajstić information content (AvgIpc) is 2.98.